The number of aliphatic hydroxyl groups is 5. The van der Waals surface area contributed by atoms with Gasteiger partial charge < -0.3 is 36.0 Å². The fourth-order valence-electron chi connectivity index (χ4n) is 3.02. The molecule has 7 N–H and O–H groups in total. The molecule has 0 unspecified atom stereocenters. The average molecular weight is 341 g/mol. The molecule has 11 nitrogen and oxygen atoms in total. The smallest absolute Gasteiger partial charge is 0.231 e. The molecule has 24 heavy (non-hydrogen) atoms. The van der Waals surface area contributed by atoms with Crippen LogP contribution in [0.3, 0.4) is 0 Å². The predicted molar refractivity (Wildman–Crippen MR) is 79.1 cm³/mol. The van der Waals surface area contributed by atoms with Crippen molar-refractivity contribution < 1.29 is 30.3 Å². The van der Waals surface area contributed by atoms with Gasteiger partial charge in [0.1, 0.15) is 30.2 Å². The highest BCUT2D eigenvalue weighted by molar-refractivity contribution is 5.81. The monoisotopic (exact) mass is 341 g/mol. The van der Waals surface area contributed by atoms with Crippen LogP contribution in [0.1, 0.15) is 13.3 Å². The van der Waals surface area contributed by atoms with Crippen molar-refractivity contribution in [1.82, 2.24) is 19.5 Å². The zero-order valence-electron chi connectivity index (χ0n) is 12.8. The number of nitrogen functional groups attached to an aromatic ring is 1. The Labute approximate surface area is 136 Å². The molecule has 0 bridgehead atoms. The topological polar surface area (TPSA) is 180 Å². The summed E-state index contributed by atoms with van der Waals surface area (Å²) in [5.41, 5.74) is 3.72. The SMILES string of the molecule is CCC(O)(O)[C@@]1(n2cnc3c(N)ncnc32)O[C@H](CO)[C@@H](O)[C@H]1O. The molecule has 0 aromatic carbocycles. The Morgan fingerprint density at radius 3 is 2.62 bits per heavy atom. The van der Waals surface area contributed by atoms with E-state index in [4.69, 9.17) is 10.5 Å². The Bertz CT molecular complexity index is 752. The third-order valence-electron chi connectivity index (χ3n) is 4.40. The first-order valence-corrected chi connectivity index (χ1v) is 7.33. The Hall–Kier alpha value is -1.89. The van der Waals surface area contributed by atoms with Gasteiger partial charge in [-0.3, -0.25) is 4.57 Å². The molecule has 0 aliphatic carbocycles. The first-order valence-electron chi connectivity index (χ1n) is 7.33. The maximum absolute atomic E-state index is 10.5. The number of rotatable bonds is 4. The van der Waals surface area contributed by atoms with E-state index < -0.39 is 36.4 Å². The fraction of sp³-hybridized carbons (Fsp3) is 0.615. The number of fused-ring (bicyclic) bond motifs is 1. The lowest BCUT2D eigenvalue weighted by atomic mass is 9.92. The van der Waals surface area contributed by atoms with Crippen LogP contribution in [0.5, 0.6) is 0 Å². The molecule has 1 saturated heterocycles. The standard InChI is InChI=1S/C13H19N5O6/c1-2-12(22,23)13(9(21)8(20)6(3-19)24-13)18-5-17-7-10(14)15-4-16-11(7)18/h4-6,8-9,19-23H,2-3H2,1H3,(H2,14,15,16)/t6-,8-,9-,13+/m1/s1. The number of aliphatic hydroxyl groups excluding tert-OH is 3. The minimum absolute atomic E-state index is 0.0543. The average Bonchev–Trinajstić information content (AvgIpc) is 3.10. The second-order valence-corrected chi connectivity index (χ2v) is 5.69. The van der Waals surface area contributed by atoms with Crippen molar-refractivity contribution in [1.29, 1.82) is 0 Å². The van der Waals surface area contributed by atoms with Crippen molar-refractivity contribution in [3.63, 3.8) is 0 Å². The van der Waals surface area contributed by atoms with Gasteiger partial charge in [-0.25, -0.2) is 15.0 Å². The van der Waals surface area contributed by atoms with E-state index >= 15 is 0 Å². The summed E-state index contributed by atoms with van der Waals surface area (Å²) in [5.74, 6) is -2.55. The van der Waals surface area contributed by atoms with E-state index in [1.165, 1.54) is 6.92 Å². The Morgan fingerprint density at radius 1 is 1.33 bits per heavy atom. The van der Waals surface area contributed by atoms with Crippen LogP contribution in [0, 0.1) is 0 Å². The highest BCUT2D eigenvalue weighted by atomic mass is 16.6. The van der Waals surface area contributed by atoms with Crippen molar-refractivity contribution in [2.24, 2.45) is 0 Å². The molecular weight excluding hydrogens is 322 g/mol. The van der Waals surface area contributed by atoms with Crippen LogP contribution in [0.25, 0.3) is 11.2 Å². The first kappa shape index (κ1) is 17.0. The fourth-order valence-corrected chi connectivity index (χ4v) is 3.02. The Kier molecular flexibility index (Phi) is 3.94. The lowest BCUT2D eigenvalue weighted by molar-refractivity contribution is -0.340. The number of nitrogens with zero attached hydrogens (tertiary/aromatic N) is 4. The van der Waals surface area contributed by atoms with E-state index in [2.05, 4.69) is 15.0 Å². The van der Waals surface area contributed by atoms with Gasteiger partial charge in [-0.15, -0.1) is 0 Å². The number of hydrogen-bond acceptors (Lipinski definition) is 10. The van der Waals surface area contributed by atoms with Crippen molar-refractivity contribution in [2.45, 2.75) is 43.2 Å². The van der Waals surface area contributed by atoms with Crippen molar-refractivity contribution in [3.8, 4) is 0 Å². The van der Waals surface area contributed by atoms with Crippen LogP contribution < -0.4 is 5.73 Å². The molecule has 2 aromatic heterocycles. The summed E-state index contributed by atoms with van der Waals surface area (Å²) in [7, 11) is 0. The van der Waals surface area contributed by atoms with Crippen LogP contribution >= 0.6 is 0 Å². The molecule has 11 heteroatoms. The maximum Gasteiger partial charge on any atom is 0.231 e. The molecule has 0 spiro atoms. The molecule has 1 fully saturated rings. The number of ether oxygens (including phenoxy) is 1. The van der Waals surface area contributed by atoms with Crippen LogP contribution in [0.15, 0.2) is 12.7 Å². The quantitative estimate of drug-likeness (QED) is 0.319. The van der Waals surface area contributed by atoms with Gasteiger partial charge in [-0.2, -0.15) is 0 Å². The normalized spacial score (nSPS) is 31.0. The van der Waals surface area contributed by atoms with Gasteiger partial charge in [-0.05, 0) is 0 Å². The van der Waals surface area contributed by atoms with Crippen LogP contribution in [-0.4, -0.2) is 75.8 Å². The van der Waals surface area contributed by atoms with Crippen LogP contribution in [0.4, 0.5) is 5.82 Å². The highest BCUT2D eigenvalue weighted by Gasteiger charge is 2.66. The molecule has 3 rings (SSSR count). The van der Waals surface area contributed by atoms with Crippen molar-refractivity contribution in [3.05, 3.63) is 12.7 Å². The number of imidazole rings is 1. The molecule has 0 radical (unpaired) electrons. The van der Waals surface area contributed by atoms with E-state index in [-0.39, 0.29) is 23.4 Å². The zero-order chi connectivity index (χ0) is 17.7. The van der Waals surface area contributed by atoms with Gasteiger partial charge in [0.2, 0.25) is 11.5 Å². The number of nitrogens with two attached hydrogens (primary N) is 1. The van der Waals surface area contributed by atoms with E-state index in [1.54, 1.807) is 0 Å². The van der Waals surface area contributed by atoms with Gasteiger partial charge in [0.05, 0.1) is 12.9 Å². The summed E-state index contributed by atoms with van der Waals surface area (Å²) in [6.07, 6.45) is -2.53. The van der Waals surface area contributed by atoms with Gasteiger partial charge in [0.25, 0.3) is 0 Å². The molecule has 1 aliphatic heterocycles. The van der Waals surface area contributed by atoms with Crippen LogP contribution in [-0.2, 0) is 10.5 Å². The molecule has 132 valence electrons. The highest BCUT2D eigenvalue weighted by Crippen LogP contribution is 2.45. The second kappa shape index (κ2) is 5.58. The minimum atomic E-state index is -2.61. The van der Waals surface area contributed by atoms with Crippen molar-refractivity contribution >= 4 is 17.0 Å². The number of anilines is 1. The third-order valence-corrected chi connectivity index (χ3v) is 4.40. The Balaban J connectivity index is 2.29. The van der Waals surface area contributed by atoms with Crippen LogP contribution in [0.2, 0.25) is 0 Å². The Morgan fingerprint density at radius 2 is 2.04 bits per heavy atom. The van der Waals surface area contributed by atoms with Crippen molar-refractivity contribution in [2.75, 3.05) is 12.3 Å². The van der Waals surface area contributed by atoms with Gasteiger partial charge >= 0.3 is 0 Å². The van der Waals surface area contributed by atoms with E-state index in [0.717, 1.165) is 17.2 Å². The number of aromatic nitrogens is 4. The lowest BCUT2D eigenvalue weighted by Crippen LogP contribution is -2.62. The van der Waals surface area contributed by atoms with E-state index in [9.17, 15) is 25.5 Å². The largest absolute Gasteiger partial charge is 0.394 e. The molecule has 4 atom stereocenters. The molecule has 1 aliphatic rings. The van der Waals surface area contributed by atoms with Gasteiger partial charge in [0.15, 0.2) is 11.5 Å². The summed E-state index contributed by atoms with van der Waals surface area (Å²) >= 11 is 0. The molecular formula is C13H19N5O6. The second-order valence-electron chi connectivity index (χ2n) is 5.69. The number of hydrogen-bond donors (Lipinski definition) is 6. The maximum atomic E-state index is 10.5. The third kappa shape index (κ3) is 2.03. The van der Waals surface area contributed by atoms with E-state index in [1.807, 2.05) is 0 Å². The molecule has 3 heterocycles. The van der Waals surface area contributed by atoms with E-state index in [0.29, 0.717) is 0 Å². The summed E-state index contributed by atoms with van der Waals surface area (Å²) in [4.78, 5) is 11.8. The molecule has 0 amide bonds. The molecule has 2 aromatic rings. The summed E-state index contributed by atoms with van der Waals surface area (Å²) in [6, 6.07) is 0. The summed E-state index contributed by atoms with van der Waals surface area (Å²) < 4.78 is 6.63. The first-order chi connectivity index (χ1) is 11.3. The molecule has 0 saturated carbocycles. The van der Waals surface area contributed by atoms with Gasteiger partial charge in [0, 0.05) is 6.42 Å². The lowest BCUT2D eigenvalue weighted by Gasteiger charge is -2.42. The van der Waals surface area contributed by atoms with Gasteiger partial charge in [-0.1, -0.05) is 6.92 Å². The predicted octanol–water partition coefficient (Wildman–Crippen LogP) is -2.73. The summed E-state index contributed by atoms with van der Waals surface area (Å²) in [5, 5.41) is 51.1. The zero-order valence-corrected chi connectivity index (χ0v) is 12.8. The summed E-state index contributed by atoms with van der Waals surface area (Å²) in [6.45, 7) is 0.822. The minimum Gasteiger partial charge on any atom is -0.394 e.